The minimum absolute atomic E-state index is 0.205. The van der Waals surface area contributed by atoms with Crippen molar-refractivity contribution in [1.82, 2.24) is 4.90 Å². The molecule has 2 heteroatoms. The summed E-state index contributed by atoms with van der Waals surface area (Å²) in [6, 6.07) is 10.5. The van der Waals surface area contributed by atoms with Gasteiger partial charge in [0, 0.05) is 12.5 Å². The topological polar surface area (TPSA) is 20.3 Å². The first-order valence-corrected chi connectivity index (χ1v) is 6.95. The minimum atomic E-state index is 0.205. The molecule has 1 aliphatic rings. The fourth-order valence-electron chi connectivity index (χ4n) is 2.85. The Kier molecular flexibility index (Phi) is 4.05. The Morgan fingerprint density at radius 1 is 1.22 bits per heavy atom. The highest BCUT2D eigenvalue weighted by atomic mass is 16.2. The molecule has 0 aliphatic carbocycles. The van der Waals surface area contributed by atoms with Gasteiger partial charge >= 0.3 is 0 Å². The van der Waals surface area contributed by atoms with E-state index < -0.39 is 0 Å². The van der Waals surface area contributed by atoms with E-state index in [1.165, 1.54) is 5.56 Å². The molecule has 0 unspecified atom stereocenters. The Morgan fingerprint density at radius 2 is 1.89 bits per heavy atom. The first-order chi connectivity index (χ1) is 8.59. The number of carbonyl (C=O) groups excluding carboxylic acids is 1. The normalized spacial score (nSPS) is 21.7. The van der Waals surface area contributed by atoms with Crippen LogP contribution >= 0.6 is 0 Å². The van der Waals surface area contributed by atoms with Gasteiger partial charge in [-0.3, -0.25) is 4.79 Å². The standard InChI is InChI=1S/C16H23NO/c1-12(2)11-15-9-10-17(16(15)18)13(3)14-7-5-4-6-8-14/h4-8,12-13,15H,9-11H2,1-3H3/t13-,15-/m1/s1. The SMILES string of the molecule is CC(C)C[C@H]1CCN([C@H](C)c2ccccc2)C1=O. The fraction of sp³-hybridized carbons (Fsp3) is 0.562. The van der Waals surface area contributed by atoms with Gasteiger partial charge in [0.25, 0.3) is 0 Å². The van der Waals surface area contributed by atoms with Gasteiger partial charge in [0.2, 0.25) is 5.91 Å². The van der Waals surface area contributed by atoms with Crippen LogP contribution in [0.5, 0.6) is 0 Å². The average Bonchev–Trinajstić information content (AvgIpc) is 2.71. The zero-order chi connectivity index (χ0) is 13.1. The van der Waals surface area contributed by atoms with E-state index in [2.05, 4.69) is 32.9 Å². The van der Waals surface area contributed by atoms with Crippen LogP contribution in [0.4, 0.5) is 0 Å². The minimum Gasteiger partial charge on any atom is -0.336 e. The molecule has 1 aliphatic heterocycles. The number of likely N-dealkylation sites (tertiary alicyclic amines) is 1. The number of benzene rings is 1. The number of hydrogen-bond acceptors (Lipinski definition) is 1. The van der Waals surface area contributed by atoms with Crippen molar-refractivity contribution >= 4 is 5.91 Å². The van der Waals surface area contributed by atoms with Crippen molar-refractivity contribution < 1.29 is 4.79 Å². The Balaban J connectivity index is 2.05. The van der Waals surface area contributed by atoms with E-state index in [1.54, 1.807) is 0 Å². The van der Waals surface area contributed by atoms with Gasteiger partial charge in [-0.1, -0.05) is 44.2 Å². The molecule has 0 radical (unpaired) electrons. The lowest BCUT2D eigenvalue weighted by Gasteiger charge is -2.25. The molecule has 1 saturated heterocycles. The van der Waals surface area contributed by atoms with Crippen molar-refractivity contribution in [2.75, 3.05) is 6.54 Å². The van der Waals surface area contributed by atoms with Crippen molar-refractivity contribution in [1.29, 1.82) is 0 Å². The predicted molar refractivity (Wildman–Crippen MR) is 74.1 cm³/mol. The summed E-state index contributed by atoms with van der Waals surface area (Å²) in [6.07, 6.45) is 2.05. The molecule has 0 aromatic heterocycles. The molecule has 0 N–H and O–H groups in total. The van der Waals surface area contributed by atoms with Crippen LogP contribution in [-0.4, -0.2) is 17.4 Å². The average molecular weight is 245 g/mol. The molecular weight excluding hydrogens is 222 g/mol. The molecule has 0 saturated carbocycles. The summed E-state index contributed by atoms with van der Waals surface area (Å²) in [6.45, 7) is 7.42. The van der Waals surface area contributed by atoms with Crippen molar-refractivity contribution in [3.8, 4) is 0 Å². The van der Waals surface area contributed by atoms with Gasteiger partial charge in [-0.25, -0.2) is 0 Å². The summed E-state index contributed by atoms with van der Waals surface area (Å²) in [5, 5.41) is 0. The monoisotopic (exact) mass is 245 g/mol. The lowest BCUT2D eigenvalue weighted by Crippen LogP contribution is -2.30. The molecule has 1 aromatic carbocycles. The maximum Gasteiger partial charge on any atom is 0.226 e. The summed E-state index contributed by atoms with van der Waals surface area (Å²) < 4.78 is 0. The van der Waals surface area contributed by atoms with Gasteiger partial charge in [0.15, 0.2) is 0 Å². The molecule has 98 valence electrons. The Labute approximate surface area is 110 Å². The van der Waals surface area contributed by atoms with Crippen LogP contribution in [0.25, 0.3) is 0 Å². The first-order valence-electron chi connectivity index (χ1n) is 6.95. The van der Waals surface area contributed by atoms with Crippen molar-refractivity contribution in [3.63, 3.8) is 0 Å². The van der Waals surface area contributed by atoms with E-state index in [-0.39, 0.29) is 12.0 Å². The maximum absolute atomic E-state index is 12.4. The third-order valence-corrected chi connectivity index (χ3v) is 3.86. The molecule has 2 nitrogen and oxygen atoms in total. The van der Waals surface area contributed by atoms with E-state index in [4.69, 9.17) is 0 Å². The highest BCUT2D eigenvalue weighted by Crippen LogP contribution is 2.31. The lowest BCUT2D eigenvalue weighted by atomic mass is 9.96. The van der Waals surface area contributed by atoms with Crippen LogP contribution in [0.1, 0.15) is 45.2 Å². The number of amides is 1. The second kappa shape index (κ2) is 5.55. The summed E-state index contributed by atoms with van der Waals surface area (Å²) in [5.41, 5.74) is 1.23. The lowest BCUT2D eigenvalue weighted by molar-refractivity contribution is -0.133. The van der Waals surface area contributed by atoms with E-state index in [9.17, 15) is 4.79 Å². The Morgan fingerprint density at radius 3 is 2.50 bits per heavy atom. The molecule has 1 heterocycles. The van der Waals surface area contributed by atoms with Gasteiger partial charge in [0.1, 0.15) is 0 Å². The Hall–Kier alpha value is -1.31. The number of carbonyl (C=O) groups is 1. The zero-order valence-corrected chi connectivity index (χ0v) is 11.6. The molecule has 2 rings (SSSR count). The second-order valence-electron chi connectivity index (χ2n) is 5.73. The molecule has 18 heavy (non-hydrogen) atoms. The summed E-state index contributed by atoms with van der Waals surface area (Å²) in [7, 11) is 0. The summed E-state index contributed by atoms with van der Waals surface area (Å²) in [5.74, 6) is 1.20. The molecule has 1 amide bonds. The number of hydrogen-bond donors (Lipinski definition) is 0. The quantitative estimate of drug-likeness (QED) is 0.793. The molecular formula is C16H23NO. The van der Waals surface area contributed by atoms with E-state index in [0.29, 0.717) is 11.8 Å². The van der Waals surface area contributed by atoms with Crippen LogP contribution in [0.3, 0.4) is 0 Å². The van der Waals surface area contributed by atoms with Crippen LogP contribution in [0, 0.1) is 11.8 Å². The highest BCUT2D eigenvalue weighted by molar-refractivity contribution is 5.81. The van der Waals surface area contributed by atoms with E-state index in [1.807, 2.05) is 23.1 Å². The summed E-state index contributed by atoms with van der Waals surface area (Å²) >= 11 is 0. The number of nitrogens with zero attached hydrogens (tertiary/aromatic N) is 1. The third kappa shape index (κ3) is 2.74. The van der Waals surface area contributed by atoms with Crippen LogP contribution in [-0.2, 0) is 4.79 Å². The van der Waals surface area contributed by atoms with Gasteiger partial charge in [-0.05, 0) is 31.2 Å². The predicted octanol–water partition coefficient (Wildman–Crippen LogP) is 3.64. The van der Waals surface area contributed by atoms with Gasteiger partial charge in [-0.15, -0.1) is 0 Å². The fourth-order valence-corrected chi connectivity index (χ4v) is 2.85. The van der Waals surface area contributed by atoms with Gasteiger partial charge < -0.3 is 4.90 Å². The smallest absolute Gasteiger partial charge is 0.226 e. The van der Waals surface area contributed by atoms with Crippen LogP contribution in [0.2, 0.25) is 0 Å². The largest absolute Gasteiger partial charge is 0.336 e. The maximum atomic E-state index is 12.4. The highest BCUT2D eigenvalue weighted by Gasteiger charge is 2.34. The third-order valence-electron chi connectivity index (χ3n) is 3.86. The molecule has 2 atom stereocenters. The number of rotatable bonds is 4. The zero-order valence-electron chi connectivity index (χ0n) is 11.6. The summed E-state index contributed by atoms with van der Waals surface area (Å²) in [4.78, 5) is 14.4. The van der Waals surface area contributed by atoms with Crippen LogP contribution in [0.15, 0.2) is 30.3 Å². The van der Waals surface area contributed by atoms with Crippen molar-refractivity contribution in [3.05, 3.63) is 35.9 Å². The van der Waals surface area contributed by atoms with E-state index in [0.717, 1.165) is 19.4 Å². The van der Waals surface area contributed by atoms with E-state index >= 15 is 0 Å². The Bertz CT molecular complexity index is 399. The molecule has 0 bridgehead atoms. The molecule has 0 spiro atoms. The van der Waals surface area contributed by atoms with Gasteiger partial charge in [0.05, 0.1) is 6.04 Å². The molecule has 1 fully saturated rings. The van der Waals surface area contributed by atoms with Crippen molar-refractivity contribution in [2.24, 2.45) is 11.8 Å². The second-order valence-corrected chi connectivity index (χ2v) is 5.73. The van der Waals surface area contributed by atoms with Crippen LogP contribution < -0.4 is 0 Å². The molecule has 1 aromatic rings. The van der Waals surface area contributed by atoms with Crippen molar-refractivity contribution in [2.45, 2.75) is 39.7 Å². The van der Waals surface area contributed by atoms with Gasteiger partial charge in [-0.2, -0.15) is 0 Å². The first kappa shape index (κ1) is 13.1.